The minimum atomic E-state index is -0.634. The highest BCUT2D eigenvalue weighted by Gasteiger charge is 2.24. The molecule has 1 heterocycles. The molecule has 0 aliphatic carbocycles. The summed E-state index contributed by atoms with van der Waals surface area (Å²) in [6.45, 7) is 0.843. The molecule has 7 nitrogen and oxygen atoms in total. The number of methoxy groups -OCH3 is 1. The first-order valence-electron chi connectivity index (χ1n) is 7.26. The van der Waals surface area contributed by atoms with Gasteiger partial charge in [0, 0.05) is 24.7 Å². The second kappa shape index (κ2) is 7.52. The van der Waals surface area contributed by atoms with Crippen LogP contribution in [-0.2, 0) is 4.79 Å². The van der Waals surface area contributed by atoms with Gasteiger partial charge >= 0.3 is 0 Å². The molecular formula is C15H20ClN3O4. The van der Waals surface area contributed by atoms with Crippen LogP contribution in [0.5, 0.6) is 11.5 Å². The molecule has 0 saturated carbocycles. The third kappa shape index (κ3) is 4.27. The molecule has 1 unspecified atom stereocenters. The van der Waals surface area contributed by atoms with E-state index < -0.39 is 5.91 Å². The summed E-state index contributed by atoms with van der Waals surface area (Å²) in [5.74, 6) is -0.351. The van der Waals surface area contributed by atoms with Gasteiger partial charge in [0.25, 0.3) is 11.8 Å². The normalized spacial score (nSPS) is 17.7. The number of nitrogens with two attached hydrogens (primary N) is 2. The van der Waals surface area contributed by atoms with Crippen molar-refractivity contribution in [3.8, 4) is 11.5 Å². The van der Waals surface area contributed by atoms with E-state index in [-0.39, 0.29) is 35.1 Å². The fourth-order valence-electron chi connectivity index (χ4n) is 2.50. The number of hydrogen-bond donors (Lipinski definition) is 2. The number of benzene rings is 1. The van der Waals surface area contributed by atoms with Gasteiger partial charge in [-0.3, -0.25) is 9.59 Å². The fourth-order valence-corrected chi connectivity index (χ4v) is 2.77. The number of piperidine rings is 1. The summed E-state index contributed by atoms with van der Waals surface area (Å²) < 4.78 is 10.4. The van der Waals surface area contributed by atoms with Crippen LogP contribution in [0.3, 0.4) is 0 Å². The molecule has 8 heteroatoms. The molecule has 2 rings (SSSR count). The van der Waals surface area contributed by atoms with Gasteiger partial charge in [-0.05, 0) is 25.0 Å². The van der Waals surface area contributed by atoms with Crippen molar-refractivity contribution < 1.29 is 19.1 Å². The molecule has 1 atom stereocenters. The van der Waals surface area contributed by atoms with Crippen molar-refractivity contribution in [3.63, 3.8) is 0 Å². The van der Waals surface area contributed by atoms with Crippen molar-refractivity contribution in [1.82, 2.24) is 4.90 Å². The number of ether oxygens (including phenoxy) is 2. The molecule has 4 N–H and O–H groups in total. The molecule has 0 bridgehead atoms. The number of likely N-dealkylation sites (tertiary alicyclic amines) is 1. The Bertz CT molecular complexity index is 609. The van der Waals surface area contributed by atoms with E-state index in [0.717, 1.165) is 12.8 Å². The number of carbonyl (C=O) groups is 2. The first kappa shape index (κ1) is 17.4. The van der Waals surface area contributed by atoms with Crippen molar-refractivity contribution in [2.45, 2.75) is 18.9 Å². The van der Waals surface area contributed by atoms with Crippen molar-refractivity contribution in [3.05, 3.63) is 22.7 Å². The molecule has 0 aromatic heterocycles. The van der Waals surface area contributed by atoms with E-state index in [1.165, 1.54) is 19.2 Å². The van der Waals surface area contributed by atoms with Gasteiger partial charge in [0.2, 0.25) is 0 Å². The fraction of sp³-hybridized carbons (Fsp3) is 0.467. The highest BCUT2D eigenvalue weighted by Crippen LogP contribution is 2.36. The predicted molar refractivity (Wildman–Crippen MR) is 85.8 cm³/mol. The Balaban J connectivity index is 2.24. The Morgan fingerprint density at radius 2 is 2.17 bits per heavy atom. The summed E-state index contributed by atoms with van der Waals surface area (Å²) in [7, 11) is 1.42. The number of nitrogens with zero attached hydrogens (tertiary/aromatic N) is 1. The molecule has 0 radical (unpaired) electrons. The van der Waals surface area contributed by atoms with E-state index in [1.807, 2.05) is 0 Å². The maximum atomic E-state index is 12.6. The number of rotatable bonds is 5. The molecule has 1 aliphatic heterocycles. The quantitative estimate of drug-likeness (QED) is 0.822. The number of hydrogen-bond acceptors (Lipinski definition) is 5. The summed E-state index contributed by atoms with van der Waals surface area (Å²) in [6, 6.07) is 3.01. The van der Waals surface area contributed by atoms with Gasteiger partial charge in [0.15, 0.2) is 18.1 Å². The lowest BCUT2D eigenvalue weighted by atomic mass is 10.1. The molecular weight excluding hydrogens is 322 g/mol. The third-order valence-electron chi connectivity index (χ3n) is 3.58. The molecule has 0 spiro atoms. The number of carbonyl (C=O) groups excluding carboxylic acids is 2. The SMILES string of the molecule is COc1cc(C(=O)N2CCCC(N)C2)cc(Cl)c1OCC(N)=O. The summed E-state index contributed by atoms with van der Waals surface area (Å²) >= 11 is 6.16. The first-order valence-corrected chi connectivity index (χ1v) is 7.63. The monoisotopic (exact) mass is 341 g/mol. The van der Waals surface area contributed by atoms with Gasteiger partial charge in [-0.25, -0.2) is 0 Å². The largest absolute Gasteiger partial charge is 0.493 e. The second-order valence-corrected chi connectivity index (χ2v) is 5.81. The van der Waals surface area contributed by atoms with Crippen LogP contribution >= 0.6 is 11.6 Å². The van der Waals surface area contributed by atoms with E-state index in [2.05, 4.69) is 0 Å². The van der Waals surface area contributed by atoms with Crippen molar-refractivity contribution in [1.29, 1.82) is 0 Å². The lowest BCUT2D eigenvalue weighted by molar-refractivity contribution is -0.119. The molecule has 126 valence electrons. The van der Waals surface area contributed by atoms with E-state index in [4.69, 9.17) is 32.5 Å². The van der Waals surface area contributed by atoms with E-state index >= 15 is 0 Å². The Kier molecular flexibility index (Phi) is 5.68. The molecule has 1 aromatic rings. The van der Waals surface area contributed by atoms with E-state index in [9.17, 15) is 9.59 Å². The summed E-state index contributed by atoms with van der Waals surface area (Å²) in [5.41, 5.74) is 11.3. The lowest BCUT2D eigenvalue weighted by Crippen LogP contribution is -2.45. The van der Waals surface area contributed by atoms with E-state index in [1.54, 1.807) is 4.90 Å². The maximum Gasteiger partial charge on any atom is 0.255 e. The van der Waals surface area contributed by atoms with Crippen molar-refractivity contribution in [2.24, 2.45) is 11.5 Å². The topological polar surface area (TPSA) is 108 Å². The van der Waals surface area contributed by atoms with Gasteiger partial charge in [-0.15, -0.1) is 0 Å². The number of halogens is 1. The average Bonchev–Trinajstić information content (AvgIpc) is 2.52. The minimum absolute atomic E-state index is 0.0109. The number of primary amides is 1. The Labute approximate surface area is 139 Å². The van der Waals surface area contributed by atoms with Gasteiger partial charge in [-0.2, -0.15) is 0 Å². The molecule has 1 aliphatic rings. The van der Waals surface area contributed by atoms with Crippen molar-refractivity contribution >= 4 is 23.4 Å². The predicted octanol–water partition coefficient (Wildman–Crippen LogP) is 0.776. The Morgan fingerprint density at radius 3 is 2.78 bits per heavy atom. The van der Waals surface area contributed by atoms with Crippen LogP contribution in [-0.4, -0.2) is 49.6 Å². The van der Waals surface area contributed by atoms with Gasteiger partial charge in [-0.1, -0.05) is 11.6 Å². The van der Waals surface area contributed by atoms with Crippen LogP contribution in [0.2, 0.25) is 5.02 Å². The zero-order valence-corrected chi connectivity index (χ0v) is 13.6. The smallest absolute Gasteiger partial charge is 0.255 e. The van der Waals surface area contributed by atoms with Gasteiger partial charge < -0.3 is 25.8 Å². The average molecular weight is 342 g/mol. The Hall–Kier alpha value is -1.99. The zero-order valence-electron chi connectivity index (χ0n) is 12.9. The van der Waals surface area contributed by atoms with Crippen LogP contribution in [0, 0.1) is 0 Å². The van der Waals surface area contributed by atoms with Gasteiger partial charge in [0.1, 0.15) is 0 Å². The summed E-state index contributed by atoms with van der Waals surface area (Å²) in [5, 5.41) is 0.176. The van der Waals surface area contributed by atoms with Crippen LogP contribution in [0.25, 0.3) is 0 Å². The molecule has 1 fully saturated rings. The molecule has 1 saturated heterocycles. The Morgan fingerprint density at radius 1 is 1.43 bits per heavy atom. The third-order valence-corrected chi connectivity index (χ3v) is 3.86. The van der Waals surface area contributed by atoms with Crippen LogP contribution in [0.1, 0.15) is 23.2 Å². The molecule has 2 amide bonds. The van der Waals surface area contributed by atoms with Gasteiger partial charge in [0.05, 0.1) is 12.1 Å². The molecule has 23 heavy (non-hydrogen) atoms. The molecule has 1 aromatic carbocycles. The number of amides is 2. The van der Waals surface area contributed by atoms with Crippen molar-refractivity contribution in [2.75, 3.05) is 26.8 Å². The standard InChI is InChI=1S/C15H20ClN3O4/c1-22-12-6-9(5-11(16)14(12)23-8-13(18)20)15(21)19-4-2-3-10(17)7-19/h5-6,10H,2-4,7-8,17H2,1H3,(H2,18,20). The first-order chi connectivity index (χ1) is 10.9. The van der Waals surface area contributed by atoms with Crippen LogP contribution in [0.15, 0.2) is 12.1 Å². The van der Waals surface area contributed by atoms with E-state index in [0.29, 0.717) is 18.7 Å². The van der Waals surface area contributed by atoms with Crippen LogP contribution in [0.4, 0.5) is 0 Å². The summed E-state index contributed by atoms with van der Waals surface area (Å²) in [4.78, 5) is 25.1. The lowest BCUT2D eigenvalue weighted by Gasteiger charge is -2.31. The minimum Gasteiger partial charge on any atom is -0.493 e. The summed E-state index contributed by atoms with van der Waals surface area (Å²) in [6.07, 6.45) is 1.78. The van der Waals surface area contributed by atoms with Crippen LogP contribution < -0.4 is 20.9 Å². The maximum absolute atomic E-state index is 12.6. The highest BCUT2D eigenvalue weighted by atomic mass is 35.5. The second-order valence-electron chi connectivity index (χ2n) is 5.40. The zero-order chi connectivity index (χ0) is 17.0. The highest BCUT2D eigenvalue weighted by molar-refractivity contribution is 6.32.